The summed E-state index contributed by atoms with van der Waals surface area (Å²) in [5.74, 6) is 1.10. The van der Waals surface area contributed by atoms with Gasteiger partial charge in [-0.2, -0.15) is 0 Å². The van der Waals surface area contributed by atoms with Crippen LogP contribution in [-0.2, 0) is 5.54 Å². The van der Waals surface area contributed by atoms with Crippen LogP contribution in [0.3, 0.4) is 0 Å². The number of benzene rings is 2. The van der Waals surface area contributed by atoms with Gasteiger partial charge in [-0.05, 0) is 35.7 Å². The van der Waals surface area contributed by atoms with Gasteiger partial charge in [0.2, 0.25) is 5.82 Å². The molecule has 4 aromatic heterocycles. The molecule has 2 atom stereocenters. The zero-order valence-corrected chi connectivity index (χ0v) is 21.8. The number of pyridine rings is 2. The molecular weight excluding hydrogens is 484 g/mol. The fourth-order valence-corrected chi connectivity index (χ4v) is 5.70. The zero-order chi connectivity index (χ0) is 26.8. The molecule has 0 aliphatic heterocycles. The van der Waals surface area contributed by atoms with Gasteiger partial charge < -0.3 is 11.5 Å². The monoisotopic (exact) mass is 512 g/mol. The largest absolute Gasteiger partial charge is 0.327 e. The summed E-state index contributed by atoms with van der Waals surface area (Å²) >= 11 is 0. The Morgan fingerprint density at radius 3 is 2.31 bits per heavy atom. The van der Waals surface area contributed by atoms with Gasteiger partial charge in [0.15, 0.2) is 11.5 Å². The summed E-state index contributed by atoms with van der Waals surface area (Å²) in [6, 6.07) is 24.8. The minimum absolute atomic E-state index is 0.0944. The highest BCUT2D eigenvalue weighted by Gasteiger charge is 2.57. The first-order valence-corrected chi connectivity index (χ1v) is 13.0. The van der Waals surface area contributed by atoms with E-state index in [9.17, 15) is 0 Å². The van der Waals surface area contributed by atoms with Crippen molar-refractivity contribution in [2.24, 2.45) is 16.9 Å². The number of nitrogens with two attached hydrogens (primary N) is 2. The van der Waals surface area contributed by atoms with Gasteiger partial charge in [0.25, 0.3) is 0 Å². The van der Waals surface area contributed by atoms with Crippen LogP contribution in [0.2, 0.25) is 0 Å². The third-order valence-corrected chi connectivity index (χ3v) is 8.51. The summed E-state index contributed by atoms with van der Waals surface area (Å²) in [7, 11) is 0. The maximum absolute atomic E-state index is 6.85. The standard InChI is InChI=1S/C31H28N8/c1-30(2)25(32)18-31(30,33)21-11-9-20(10-12-21)26-22(19-7-4-3-5-8-19)17-23-24(36-26)13-16-39-28(23)37-38-29(39)27-34-14-6-15-35-27/h3-17,25H,18,32-33H2,1-2H3. The molecule has 0 bridgehead atoms. The molecular formula is C31H28N8. The minimum Gasteiger partial charge on any atom is -0.327 e. The number of hydrogen-bond acceptors (Lipinski definition) is 7. The van der Waals surface area contributed by atoms with E-state index in [1.54, 1.807) is 18.5 Å². The molecule has 4 N–H and O–H groups in total. The second-order valence-corrected chi connectivity index (χ2v) is 10.9. The van der Waals surface area contributed by atoms with E-state index in [1.165, 1.54) is 0 Å². The van der Waals surface area contributed by atoms with Crippen molar-refractivity contribution < 1.29 is 0 Å². The minimum atomic E-state index is -0.441. The molecule has 0 spiro atoms. The molecule has 1 aliphatic rings. The van der Waals surface area contributed by atoms with Gasteiger partial charge in [0.1, 0.15) is 0 Å². The van der Waals surface area contributed by atoms with Gasteiger partial charge in [0.05, 0.1) is 11.2 Å². The van der Waals surface area contributed by atoms with Crippen molar-refractivity contribution >= 4 is 16.6 Å². The van der Waals surface area contributed by atoms with Gasteiger partial charge in [0, 0.05) is 52.1 Å². The number of aromatic nitrogens is 6. The van der Waals surface area contributed by atoms with E-state index in [1.807, 2.05) is 34.9 Å². The summed E-state index contributed by atoms with van der Waals surface area (Å²) in [5.41, 5.74) is 19.2. The molecule has 7 rings (SSSR count). The van der Waals surface area contributed by atoms with Crippen molar-refractivity contribution in [3.8, 4) is 34.0 Å². The fourth-order valence-electron chi connectivity index (χ4n) is 5.70. The van der Waals surface area contributed by atoms with Crippen LogP contribution in [0, 0.1) is 5.41 Å². The van der Waals surface area contributed by atoms with Crippen molar-refractivity contribution in [3.05, 3.63) is 97.0 Å². The van der Waals surface area contributed by atoms with Crippen LogP contribution in [0.1, 0.15) is 25.8 Å². The van der Waals surface area contributed by atoms with Crippen molar-refractivity contribution in [1.82, 2.24) is 29.5 Å². The summed E-state index contributed by atoms with van der Waals surface area (Å²) in [5, 5.41) is 9.81. The third-order valence-electron chi connectivity index (χ3n) is 8.51. The van der Waals surface area contributed by atoms with Crippen molar-refractivity contribution in [1.29, 1.82) is 0 Å². The van der Waals surface area contributed by atoms with Crippen LogP contribution in [0.4, 0.5) is 0 Å². The predicted molar refractivity (Wildman–Crippen MR) is 152 cm³/mol. The lowest BCUT2D eigenvalue weighted by atomic mass is 9.51. The Hall–Kier alpha value is -4.53. The van der Waals surface area contributed by atoms with Gasteiger partial charge in [-0.3, -0.25) is 4.40 Å². The van der Waals surface area contributed by atoms with Gasteiger partial charge in [-0.1, -0.05) is 68.4 Å². The highest BCUT2D eigenvalue weighted by Crippen LogP contribution is 2.53. The summed E-state index contributed by atoms with van der Waals surface area (Å²) in [6.07, 6.45) is 6.09. The molecule has 6 aromatic rings. The lowest BCUT2D eigenvalue weighted by Crippen LogP contribution is -2.69. The molecule has 0 saturated heterocycles. The van der Waals surface area contributed by atoms with Crippen LogP contribution in [0.5, 0.6) is 0 Å². The number of nitrogens with zero attached hydrogens (tertiary/aromatic N) is 6. The zero-order valence-electron chi connectivity index (χ0n) is 21.8. The molecule has 39 heavy (non-hydrogen) atoms. The molecule has 4 heterocycles. The first-order chi connectivity index (χ1) is 18.9. The maximum atomic E-state index is 6.85. The van der Waals surface area contributed by atoms with Crippen molar-refractivity contribution in [2.45, 2.75) is 31.8 Å². The Morgan fingerprint density at radius 2 is 1.62 bits per heavy atom. The molecule has 1 fully saturated rings. The lowest BCUT2D eigenvalue weighted by molar-refractivity contribution is 0.000825. The summed E-state index contributed by atoms with van der Waals surface area (Å²) in [4.78, 5) is 13.9. The Labute approximate surface area is 225 Å². The van der Waals surface area contributed by atoms with Crippen molar-refractivity contribution in [3.63, 3.8) is 0 Å². The quantitative estimate of drug-likeness (QED) is 0.342. The molecule has 2 aromatic carbocycles. The average Bonchev–Trinajstić information content (AvgIpc) is 3.42. The van der Waals surface area contributed by atoms with E-state index in [2.05, 4.69) is 76.5 Å². The van der Waals surface area contributed by atoms with E-state index in [0.29, 0.717) is 17.3 Å². The molecule has 0 radical (unpaired) electrons. The van der Waals surface area contributed by atoms with Gasteiger partial charge in [-0.15, -0.1) is 10.2 Å². The highest BCUT2D eigenvalue weighted by molar-refractivity contribution is 5.98. The Balaban J connectivity index is 1.39. The second kappa shape index (κ2) is 8.49. The molecule has 8 heteroatoms. The van der Waals surface area contributed by atoms with Crippen LogP contribution in [-0.4, -0.2) is 35.6 Å². The third kappa shape index (κ3) is 3.49. The number of rotatable bonds is 4. The Morgan fingerprint density at radius 1 is 0.872 bits per heavy atom. The highest BCUT2D eigenvalue weighted by atomic mass is 15.3. The molecule has 2 unspecified atom stereocenters. The average molecular weight is 513 g/mol. The van der Waals surface area contributed by atoms with Crippen LogP contribution in [0.15, 0.2) is 91.4 Å². The fraction of sp³-hybridized carbons (Fsp3) is 0.194. The second-order valence-electron chi connectivity index (χ2n) is 10.9. The molecule has 8 nitrogen and oxygen atoms in total. The molecule has 192 valence electrons. The van der Waals surface area contributed by atoms with Crippen LogP contribution >= 0.6 is 0 Å². The first-order valence-electron chi connectivity index (χ1n) is 13.0. The molecule has 0 amide bonds. The van der Waals surface area contributed by atoms with E-state index < -0.39 is 5.54 Å². The van der Waals surface area contributed by atoms with E-state index in [0.717, 1.165) is 45.3 Å². The maximum Gasteiger partial charge on any atom is 0.206 e. The van der Waals surface area contributed by atoms with Crippen molar-refractivity contribution in [2.75, 3.05) is 0 Å². The summed E-state index contributed by atoms with van der Waals surface area (Å²) < 4.78 is 1.91. The lowest BCUT2D eigenvalue weighted by Gasteiger charge is -2.59. The molecule has 1 aliphatic carbocycles. The van der Waals surface area contributed by atoms with Gasteiger partial charge >= 0.3 is 0 Å². The van der Waals surface area contributed by atoms with Crippen LogP contribution < -0.4 is 11.5 Å². The topological polar surface area (TPSA) is 121 Å². The smallest absolute Gasteiger partial charge is 0.206 e. The van der Waals surface area contributed by atoms with Gasteiger partial charge in [-0.25, -0.2) is 15.0 Å². The van der Waals surface area contributed by atoms with E-state index in [-0.39, 0.29) is 11.5 Å². The number of fused-ring (bicyclic) bond motifs is 3. The van der Waals surface area contributed by atoms with E-state index in [4.69, 9.17) is 16.5 Å². The van der Waals surface area contributed by atoms with Crippen LogP contribution in [0.25, 0.3) is 50.6 Å². The van der Waals surface area contributed by atoms with E-state index >= 15 is 0 Å². The predicted octanol–water partition coefficient (Wildman–Crippen LogP) is 4.98. The molecule has 1 saturated carbocycles. The SMILES string of the molecule is CC1(C)C(N)CC1(N)c1ccc(-c2nc3ccn4c(-c5ncccn5)nnc4c3cc2-c2ccccc2)cc1. The normalized spacial score (nSPS) is 20.3. The number of hydrogen-bond donors (Lipinski definition) is 2. The Kier molecular flexibility index (Phi) is 5.13. The Bertz CT molecular complexity index is 1830. The summed E-state index contributed by atoms with van der Waals surface area (Å²) in [6.45, 7) is 4.29. The first kappa shape index (κ1) is 23.6.